The summed E-state index contributed by atoms with van der Waals surface area (Å²) < 4.78 is 50.3. The normalized spacial score (nSPS) is 13.4. The van der Waals surface area contributed by atoms with Gasteiger partial charge in [-0.05, 0) is 86.3 Å². The van der Waals surface area contributed by atoms with Gasteiger partial charge >= 0.3 is 0 Å². The van der Waals surface area contributed by atoms with E-state index in [1.165, 1.54) is 27.4 Å². The summed E-state index contributed by atoms with van der Waals surface area (Å²) in [6, 6.07) is 24.9. The molecule has 17 heteroatoms. The number of aryl methyl sites for hydroxylation is 5. The molecule has 15 nitrogen and oxygen atoms in total. The van der Waals surface area contributed by atoms with Crippen LogP contribution >= 0.6 is 11.3 Å². The van der Waals surface area contributed by atoms with E-state index in [9.17, 15) is 0 Å². The summed E-state index contributed by atoms with van der Waals surface area (Å²) in [5.41, 5.74) is 14.1. The Balaban J connectivity index is 0.639. The molecule has 6 heterocycles. The highest BCUT2D eigenvalue weighted by Crippen LogP contribution is 2.34. The first-order chi connectivity index (χ1) is 34.4. The van der Waals surface area contributed by atoms with Gasteiger partial charge in [-0.1, -0.05) is 40.7 Å². The lowest BCUT2D eigenvalue weighted by molar-refractivity contribution is 0.0364. The topological polar surface area (TPSA) is 145 Å². The van der Waals surface area contributed by atoms with Crippen LogP contribution in [0.15, 0.2) is 94.4 Å². The Morgan fingerprint density at radius 2 is 1.64 bits per heavy atom. The molecular weight excluding hydrogens is 908 g/mol. The van der Waals surface area contributed by atoms with Crippen molar-refractivity contribution >= 4 is 44.2 Å². The second-order valence-corrected chi connectivity index (χ2v) is 18.4. The predicted octanol–water partition coefficient (Wildman–Crippen LogP) is 8.81. The number of rotatable bonds is 23. The van der Waals surface area contributed by atoms with Gasteiger partial charge in [0.25, 0.3) is 0 Å². The second kappa shape index (κ2) is 22.2. The van der Waals surface area contributed by atoms with Gasteiger partial charge in [-0.2, -0.15) is 0 Å². The van der Waals surface area contributed by atoms with E-state index in [1.54, 1.807) is 34.3 Å². The number of nitrogens with one attached hydrogen (secondary N) is 1. The van der Waals surface area contributed by atoms with E-state index in [2.05, 4.69) is 107 Å². The number of imidazole rings is 1. The molecule has 0 bridgehead atoms. The van der Waals surface area contributed by atoms with E-state index in [0.717, 1.165) is 115 Å². The van der Waals surface area contributed by atoms with Gasteiger partial charge in [0.15, 0.2) is 11.6 Å². The largest absolute Gasteiger partial charge is 0.484 e. The smallest absolute Gasteiger partial charge is 0.165 e. The summed E-state index contributed by atoms with van der Waals surface area (Å²) in [4.78, 5) is 12.0. The molecule has 0 unspecified atom stereocenters. The highest BCUT2D eigenvalue weighted by atomic mass is 32.1. The Hall–Kier alpha value is -6.34. The van der Waals surface area contributed by atoms with Crippen molar-refractivity contribution in [2.24, 2.45) is 0 Å². The van der Waals surface area contributed by atoms with Crippen LogP contribution in [0, 0.1) is 19.7 Å². The van der Waals surface area contributed by atoms with Gasteiger partial charge in [-0.25, -0.2) is 19.0 Å². The van der Waals surface area contributed by atoms with E-state index < -0.39 is 5.82 Å². The Bertz CT molecular complexity index is 3150. The molecule has 1 fully saturated rings. The first-order valence-corrected chi connectivity index (χ1v) is 25.1. The fourth-order valence-electron chi connectivity index (χ4n) is 9.44. The first kappa shape index (κ1) is 47.3. The highest BCUT2D eigenvalue weighted by molar-refractivity contribution is 7.07. The van der Waals surface area contributed by atoms with E-state index in [1.807, 2.05) is 25.4 Å². The SMILES string of the molecule is CCn1c2ccc(CNCCOCCOCCn3cc(COc4ccc(CCc5nc6cc(-c7c(C)noc7C)ccc6n5CCN5CCOCC5)cc4F)nn3)cc2c2ccc(-c3cscn3)cc21. The highest BCUT2D eigenvalue weighted by Gasteiger charge is 2.19. The third-order valence-corrected chi connectivity index (χ3v) is 13.6. The molecular formula is C53H59FN10O5S. The summed E-state index contributed by atoms with van der Waals surface area (Å²) in [6.07, 6.45) is 3.06. The molecule has 10 rings (SSSR count). The van der Waals surface area contributed by atoms with Crippen molar-refractivity contribution < 1.29 is 27.9 Å². The third kappa shape index (κ3) is 10.8. The summed E-state index contributed by atoms with van der Waals surface area (Å²) in [5.74, 6) is 1.50. The zero-order chi connectivity index (χ0) is 47.8. The summed E-state index contributed by atoms with van der Waals surface area (Å²) in [5, 5.41) is 20.7. The van der Waals surface area contributed by atoms with Gasteiger partial charge in [-0.15, -0.1) is 16.4 Å². The molecule has 1 aliphatic heterocycles. The molecule has 4 aromatic carbocycles. The summed E-state index contributed by atoms with van der Waals surface area (Å²) in [7, 11) is 0. The fraction of sp³-hybridized carbons (Fsp3) is 0.377. The molecule has 70 heavy (non-hydrogen) atoms. The lowest BCUT2D eigenvalue weighted by Gasteiger charge is -2.27. The zero-order valence-corrected chi connectivity index (χ0v) is 40.8. The number of ether oxygens (including phenoxy) is 4. The summed E-state index contributed by atoms with van der Waals surface area (Å²) >= 11 is 1.62. The van der Waals surface area contributed by atoms with Gasteiger partial charge in [0.05, 0.1) is 80.3 Å². The molecule has 0 atom stereocenters. The monoisotopic (exact) mass is 966 g/mol. The molecule has 1 aliphatic rings. The van der Waals surface area contributed by atoms with Gasteiger partial charge in [0.1, 0.15) is 23.9 Å². The molecule has 5 aromatic heterocycles. The average Bonchev–Trinajstić information content (AvgIpc) is 4.24. The van der Waals surface area contributed by atoms with Crippen LogP contribution in [-0.2, 0) is 59.8 Å². The lowest BCUT2D eigenvalue weighted by Crippen LogP contribution is -2.38. The molecule has 1 N–H and O–H groups in total. The maximum atomic E-state index is 15.4. The van der Waals surface area contributed by atoms with Crippen molar-refractivity contribution in [1.29, 1.82) is 0 Å². The van der Waals surface area contributed by atoms with Crippen molar-refractivity contribution in [3.63, 3.8) is 0 Å². The Labute approximate surface area is 410 Å². The Morgan fingerprint density at radius 3 is 2.46 bits per heavy atom. The van der Waals surface area contributed by atoms with Crippen LogP contribution in [0.3, 0.4) is 0 Å². The Kier molecular flexibility index (Phi) is 15.0. The maximum absolute atomic E-state index is 15.4. The molecule has 1 saturated heterocycles. The van der Waals surface area contributed by atoms with E-state index >= 15 is 4.39 Å². The minimum absolute atomic E-state index is 0.0924. The number of hydrogen-bond acceptors (Lipinski definition) is 13. The van der Waals surface area contributed by atoms with Crippen LogP contribution < -0.4 is 10.1 Å². The van der Waals surface area contributed by atoms with Crippen LogP contribution in [0.25, 0.3) is 55.2 Å². The van der Waals surface area contributed by atoms with E-state index in [0.29, 0.717) is 51.5 Å². The van der Waals surface area contributed by atoms with Gasteiger partial charge in [0.2, 0.25) is 0 Å². The van der Waals surface area contributed by atoms with Crippen molar-refractivity contribution in [2.45, 2.75) is 66.4 Å². The number of nitrogens with zero attached hydrogens (tertiary/aromatic N) is 9. The third-order valence-electron chi connectivity index (χ3n) is 13.1. The minimum Gasteiger partial charge on any atom is -0.484 e. The van der Waals surface area contributed by atoms with Crippen LogP contribution in [-0.4, -0.2) is 110 Å². The second-order valence-electron chi connectivity index (χ2n) is 17.7. The molecule has 0 amide bonds. The van der Waals surface area contributed by atoms with Gasteiger partial charge in [0, 0.05) is 90.5 Å². The molecule has 0 radical (unpaired) electrons. The van der Waals surface area contributed by atoms with Crippen molar-refractivity contribution in [3.05, 3.63) is 130 Å². The number of benzene rings is 4. The van der Waals surface area contributed by atoms with Gasteiger partial charge < -0.3 is 37.9 Å². The van der Waals surface area contributed by atoms with Crippen LogP contribution in [0.2, 0.25) is 0 Å². The number of halogens is 1. The van der Waals surface area contributed by atoms with Crippen LogP contribution in [0.1, 0.15) is 41.0 Å². The maximum Gasteiger partial charge on any atom is 0.165 e. The van der Waals surface area contributed by atoms with Gasteiger partial charge in [-0.3, -0.25) is 4.90 Å². The lowest BCUT2D eigenvalue weighted by atomic mass is 10.0. The van der Waals surface area contributed by atoms with E-state index in [4.69, 9.17) is 28.5 Å². The summed E-state index contributed by atoms with van der Waals surface area (Å²) in [6.45, 7) is 16.1. The zero-order valence-electron chi connectivity index (χ0n) is 40.0. The molecule has 0 saturated carbocycles. The van der Waals surface area contributed by atoms with E-state index in [-0.39, 0.29) is 12.4 Å². The van der Waals surface area contributed by atoms with Crippen LogP contribution in [0.4, 0.5) is 4.39 Å². The number of thiazole rings is 1. The average molecular weight is 967 g/mol. The fourth-order valence-corrected chi connectivity index (χ4v) is 10.0. The quantitative estimate of drug-likeness (QED) is 0.0612. The molecule has 0 aliphatic carbocycles. The first-order valence-electron chi connectivity index (χ1n) is 24.2. The predicted molar refractivity (Wildman–Crippen MR) is 270 cm³/mol. The molecule has 9 aromatic rings. The molecule has 0 spiro atoms. The standard InChI is InChI=1S/C53H59FN10O5S/c1-4-63-48-11-5-39(27-44(48)43-10-8-40(30-50(43)63)47-34-70-35-56-47)31-55-15-21-65-25-26-67-24-20-62-32-42(58-60-62)33-68-51-13-6-38(28-45(51)54)7-14-52-57-46-29-41(53-36(2)59-69-37(53)3)9-12-49(46)64(52)17-16-61-18-22-66-23-19-61/h5-6,8-13,27-30,32,34-35,55H,4,7,14-26,31,33H2,1-3H3. The molecule has 364 valence electrons. The Morgan fingerprint density at radius 1 is 0.800 bits per heavy atom. The van der Waals surface area contributed by atoms with Crippen molar-refractivity contribution in [2.75, 3.05) is 65.8 Å². The number of morpholine rings is 1. The van der Waals surface area contributed by atoms with Crippen LogP contribution in [0.5, 0.6) is 5.75 Å². The number of aromatic nitrogens is 8. The van der Waals surface area contributed by atoms with Crippen molar-refractivity contribution in [1.82, 2.24) is 49.5 Å². The number of fused-ring (bicyclic) bond motifs is 4. The minimum atomic E-state index is -0.419. The number of hydrogen-bond donors (Lipinski definition) is 1. The van der Waals surface area contributed by atoms with Crippen molar-refractivity contribution in [3.8, 4) is 28.1 Å².